The van der Waals surface area contributed by atoms with Crippen LogP contribution in [0.3, 0.4) is 0 Å². The number of unbranched alkanes of at least 4 members (excludes halogenated alkanes) is 3. The SMILES string of the molecule is C=C(C)C(=O)OCCCCCCNC(=O)c1ccc(C)cc1-n1nc2ccccc2n1. The molecule has 0 saturated heterocycles. The Bertz CT molecular complexity index is 1050. The van der Waals surface area contributed by atoms with Crippen molar-refractivity contribution >= 4 is 22.9 Å². The number of rotatable bonds is 10. The number of esters is 1. The molecule has 0 spiro atoms. The predicted octanol–water partition coefficient (Wildman–Crippen LogP) is 4.14. The van der Waals surface area contributed by atoms with Gasteiger partial charge in [-0.25, -0.2) is 4.79 Å². The van der Waals surface area contributed by atoms with Crippen LogP contribution in [0.1, 0.15) is 48.5 Å². The minimum absolute atomic E-state index is 0.147. The smallest absolute Gasteiger partial charge is 0.333 e. The first-order valence-electron chi connectivity index (χ1n) is 10.5. The van der Waals surface area contributed by atoms with Crippen LogP contribution in [0.25, 0.3) is 16.7 Å². The Morgan fingerprint density at radius 2 is 1.71 bits per heavy atom. The van der Waals surface area contributed by atoms with Gasteiger partial charge in [0, 0.05) is 12.1 Å². The van der Waals surface area contributed by atoms with E-state index in [-0.39, 0.29) is 11.9 Å². The van der Waals surface area contributed by atoms with E-state index in [9.17, 15) is 9.59 Å². The summed E-state index contributed by atoms with van der Waals surface area (Å²) in [6.07, 6.45) is 3.52. The maximum Gasteiger partial charge on any atom is 0.333 e. The Balaban J connectivity index is 1.52. The third kappa shape index (κ3) is 6.01. The number of aromatic nitrogens is 3. The van der Waals surface area contributed by atoms with Gasteiger partial charge in [0.05, 0.1) is 17.9 Å². The molecule has 1 aromatic heterocycles. The van der Waals surface area contributed by atoms with Gasteiger partial charge >= 0.3 is 5.97 Å². The molecule has 162 valence electrons. The van der Waals surface area contributed by atoms with Gasteiger partial charge in [0.2, 0.25) is 0 Å². The molecule has 0 saturated carbocycles. The summed E-state index contributed by atoms with van der Waals surface area (Å²) in [5, 5.41) is 12.0. The van der Waals surface area contributed by atoms with E-state index in [1.54, 1.807) is 6.92 Å². The molecule has 1 amide bonds. The lowest BCUT2D eigenvalue weighted by atomic mass is 10.1. The fraction of sp³-hybridized carbons (Fsp3) is 0.333. The molecule has 0 radical (unpaired) electrons. The van der Waals surface area contributed by atoms with E-state index in [0.717, 1.165) is 42.3 Å². The third-order valence-corrected chi connectivity index (χ3v) is 4.84. The number of aryl methyl sites for hydroxylation is 1. The number of carbonyl (C=O) groups excluding carboxylic acids is 2. The molecule has 0 fully saturated rings. The van der Waals surface area contributed by atoms with Crippen molar-refractivity contribution in [3.63, 3.8) is 0 Å². The Morgan fingerprint density at radius 3 is 2.39 bits per heavy atom. The quantitative estimate of drug-likeness (QED) is 0.303. The first kappa shape index (κ1) is 22.2. The third-order valence-electron chi connectivity index (χ3n) is 4.84. The Hall–Kier alpha value is -3.48. The molecule has 31 heavy (non-hydrogen) atoms. The van der Waals surface area contributed by atoms with Crippen LogP contribution in [0.4, 0.5) is 0 Å². The second-order valence-electron chi connectivity index (χ2n) is 7.59. The van der Waals surface area contributed by atoms with Crippen molar-refractivity contribution in [1.29, 1.82) is 0 Å². The second-order valence-corrected chi connectivity index (χ2v) is 7.59. The molecule has 0 aliphatic carbocycles. The topological polar surface area (TPSA) is 86.1 Å². The van der Waals surface area contributed by atoms with E-state index < -0.39 is 0 Å². The van der Waals surface area contributed by atoms with E-state index in [1.165, 1.54) is 4.80 Å². The highest BCUT2D eigenvalue weighted by Gasteiger charge is 2.15. The average molecular weight is 421 g/mol. The largest absolute Gasteiger partial charge is 0.462 e. The number of benzene rings is 2. The molecule has 7 heteroatoms. The molecular weight excluding hydrogens is 392 g/mol. The van der Waals surface area contributed by atoms with Crippen LogP contribution >= 0.6 is 0 Å². The molecule has 0 aliphatic rings. The summed E-state index contributed by atoms with van der Waals surface area (Å²) in [7, 11) is 0. The fourth-order valence-corrected chi connectivity index (χ4v) is 3.13. The van der Waals surface area contributed by atoms with E-state index in [4.69, 9.17) is 4.74 Å². The van der Waals surface area contributed by atoms with Crippen molar-refractivity contribution in [3.8, 4) is 5.69 Å². The number of hydrogen-bond donors (Lipinski definition) is 1. The number of nitrogens with zero attached hydrogens (tertiary/aromatic N) is 3. The lowest BCUT2D eigenvalue weighted by molar-refractivity contribution is -0.139. The molecule has 0 aliphatic heterocycles. The predicted molar refractivity (Wildman–Crippen MR) is 120 cm³/mol. The Kier molecular flexibility index (Phi) is 7.54. The van der Waals surface area contributed by atoms with Crippen molar-refractivity contribution < 1.29 is 14.3 Å². The molecule has 3 rings (SSSR count). The first-order valence-corrected chi connectivity index (χ1v) is 10.5. The van der Waals surface area contributed by atoms with Crippen LogP contribution in [0.2, 0.25) is 0 Å². The van der Waals surface area contributed by atoms with Crippen molar-refractivity contribution in [3.05, 3.63) is 65.7 Å². The van der Waals surface area contributed by atoms with Gasteiger partial charge in [-0.3, -0.25) is 4.79 Å². The monoisotopic (exact) mass is 420 g/mol. The zero-order valence-corrected chi connectivity index (χ0v) is 18.1. The zero-order valence-electron chi connectivity index (χ0n) is 18.1. The minimum atomic E-state index is -0.347. The summed E-state index contributed by atoms with van der Waals surface area (Å²) in [6, 6.07) is 13.3. The summed E-state index contributed by atoms with van der Waals surface area (Å²) < 4.78 is 5.07. The van der Waals surface area contributed by atoms with Gasteiger partial charge < -0.3 is 10.1 Å². The number of fused-ring (bicyclic) bond motifs is 1. The average Bonchev–Trinajstić information content (AvgIpc) is 3.19. The maximum absolute atomic E-state index is 12.8. The van der Waals surface area contributed by atoms with Crippen LogP contribution in [0.15, 0.2) is 54.6 Å². The summed E-state index contributed by atoms with van der Waals surface area (Å²) in [6.45, 7) is 8.14. The molecule has 1 heterocycles. The summed E-state index contributed by atoms with van der Waals surface area (Å²) >= 11 is 0. The van der Waals surface area contributed by atoms with E-state index >= 15 is 0 Å². The molecule has 0 unspecified atom stereocenters. The second kappa shape index (κ2) is 10.5. The van der Waals surface area contributed by atoms with Gasteiger partial charge in [-0.05, 0) is 62.9 Å². The fourth-order valence-electron chi connectivity index (χ4n) is 3.13. The van der Waals surface area contributed by atoms with Gasteiger partial charge in [0.15, 0.2) is 0 Å². The summed E-state index contributed by atoms with van der Waals surface area (Å²) in [4.78, 5) is 25.6. The molecule has 2 aromatic carbocycles. The minimum Gasteiger partial charge on any atom is -0.462 e. The van der Waals surface area contributed by atoms with Gasteiger partial charge in [-0.15, -0.1) is 15.0 Å². The van der Waals surface area contributed by atoms with Crippen LogP contribution in [0.5, 0.6) is 0 Å². The number of amides is 1. The highest BCUT2D eigenvalue weighted by atomic mass is 16.5. The van der Waals surface area contributed by atoms with Crippen molar-refractivity contribution in [2.45, 2.75) is 39.5 Å². The summed E-state index contributed by atoms with van der Waals surface area (Å²) in [5.41, 5.74) is 4.20. The van der Waals surface area contributed by atoms with E-state index in [1.807, 2.05) is 49.4 Å². The molecule has 1 N–H and O–H groups in total. The molecule has 3 aromatic rings. The van der Waals surface area contributed by atoms with E-state index in [2.05, 4.69) is 22.1 Å². The van der Waals surface area contributed by atoms with Gasteiger partial charge in [0.1, 0.15) is 11.0 Å². The van der Waals surface area contributed by atoms with Gasteiger partial charge in [-0.1, -0.05) is 31.2 Å². The summed E-state index contributed by atoms with van der Waals surface area (Å²) in [5.74, 6) is -0.493. The lowest BCUT2D eigenvalue weighted by Crippen LogP contribution is -2.26. The van der Waals surface area contributed by atoms with Gasteiger partial charge in [0.25, 0.3) is 5.91 Å². The lowest BCUT2D eigenvalue weighted by Gasteiger charge is -2.10. The first-order chi connectivity index (χ1) is 15.0. The number of nitrogens with one attached hydrogen (secondary N) is 1. The molecular formula is C24H28N4O3. The zero-order chi connectivity index (χ0) is 22.2. The van der Waals surface area contributed by atoms with Crippen molar-refractivity contribution in [2.24, 2.45) is 0 Å². The molecule has 0 atom stereocenters. The van der Waals surface area contributed by atoms with Crippen LogP contribution < -0.4 is 5.32 Å². The number of ether oxygens (including phenoxy) is 1. The van der Waals surface area contributed by atoms with Gasteiger partial charge in [-0.2, -0.15) is 0 Å². The van der Waals surface area contributed by atoms with Crippen LogP contribution in [-0.4, -0.2) is 40.0 Å². The highest BCUT2D eigenvalue weighted by Crippen LogP contribution is 2.18. The highest BCUT2D eigenvalue weighted by molar-refractivity contribution is 5.97. The normalized spacial score (nSPS) is 10.8. The molecule has 0 bridgehead atoms. The Morgan fingerprint density at radius 1 is 1.03 bits per heavy atom. The standard InChI is InChI=1S/C24H28N4O3/c1-17(2)24(30)31-15-9-5-4-8-14-25-23(29)19-13-12-18(3)16-22(19)28-26-20-10-6-7-11-21(20)27-28/h6-7,10-13,16H,1,4-5,8-9,14-15H2,2-3H3,(H,25,29). The Labute approximate surface area is 182 Å². The van der Waals surface area contributed by atoms with E-state index in [0.29, 0.717) is 30.0 Å². The number of carbonyl (C=O) groups is 2. The van der Waals surface area contributed by atoms with Crippen molar-refractivity contribution in [2.75, 3.05) is 13.2 Å². The van der Waals surface area contributed by atoms with Crippen LogP contribution in [0, 0.1) is 6.92 Å². The van der Waals surface area contributed by atoms with Crippen LogP contribution in [-0.2, 0) is 9.53 Å². The number of hydrogen-bond acceptors (Lipinski definition) is 5. The van der Waals surface area contributed by atoms with Crippen molar-refractivity contribution in [1.82, 2.24) is 20.3 Å². The molecule has 7 nitrogen and oxygen atoms in total. The maximum atomic E-state index is 12.8.